The second-order valence-electron chi connectivity index (χ2n) is 9.67. The maximum Gasteiger partial charge on any atom is 0.347 e. The third kappa shape index (κ3) is 6.62. The molecule has 4 rings (SSSR count). The number of anilines is 1. The number of rotatable bonds is 10. The summed E-state index contributed by atoms with van der Waals surface area (Å²) < 4.78 is 16.6. The molecule has 0 saturated heterocycles. The minimum absolute atomic E-state index is 0.00897. The second kappa shape index (κ2) is 11.5. The van der Waals surface area contributed by atoms with Crippen LogP contribution >= 0.6 is 0 Å². The lowest BCUT2D eigenvalue weighted by molar-refractivity contribution is -0.118. The van der Waals surface area contributed by atoms with Gasteiger partial charge in [-0.15, -0.1) is 0 Å². The van der Waals surface area contributed by atoms with E-state index < -0.39 is 12.1 Å². The van der Waals surface area contributed by atoms with Gasteiger partial charge in [0.2, 0.25) is 0 Å². The van der Waals surface area contributed by atoms with Gasteiger partial charge < -0.3 is 35.1 Å². The molecule has 4 N–H and O–H groups in total. The van der Waals surface area contributed by atoms with Crippen LogP contribution in [-0.2, 0) is 11.2 Å². The topological polar surface area (TPSA) is 126 Å². The van der Waals surface area contributed by atoms with Gasteiger partial charge in [-0.25, -0.2) is 4.79 Å². The molecule has 0 aliphatic carbocycles. The Morgan fingerprint density at radius 1 is 1.13 bits per heavy atom. The van der Waals surface area contributed by atoms with Crippen LogP contribution in [0, 0.1) is 0 Å². The van der Waals surface area contributed by atoms with Crippen molar-refractivity contribution >= 4 is 17.6 Å². The van der Waals surface area contributed by atoms with Crippen LogP contribution in [0.3, 0.4) is 0 Å². The van der Waals surface area contributed by atoms with Crippen molar-refractivity contribution in [3.8, 4) is 23.0 Å². The van der Waals surface area contributed by atoms with Crippen molar-refractivity contribution in [1.29, 1.82) is 0 Å². The summed E-state index contributed by atoms with van der Waals surface area (Å²) in [6, 6.07) is 16.9. The second-order valence-corrected chi connectivity index (χ2v) is 9.67. The molecule has 0 bridgehead atoms. The van der Waals surface area contributed by atoms with Crippen LogP contribution in [0.15, 0.2) is 60.7 Å². The van der Waals surface area contributed by atoms with Crippen LogP contribution in [0.2, 0.25) is 0 Å². The quantitative estimate of drug-likeness (QED) is 0.234. The number of esters is 1. The molecule has 0 aromatic heterocycles. The highest BCUT2D eigenvalue weighted by molar-refractivity contribution is 5.97. The summed E-state index contributed by atoms with van der Waals surface area (Å²) in [7, 11) is 0. The third-order valence-electron chi connectivity index (χ3n) is 6.06. The van der Waals surface area contributed by atoms with Crippen LogP contribution in [0.5, 0.6) is 23.0 Å². The number of β-amino-alcohol motifs (C(OH)–C–C–N with tert-alkyl or cyclic N) is 1. The van der Waals surface area contributed by atoms with Crippen LogP contribution < -0.4 is 24.8 Å². The van der Waals surface area contributed by atoms with Gasteiger partial charge in [-0.05, 0) is 63.1 Å². The molecular weight excluding hydrogens is 488 g/mol. The fraction of sp³-hybridized carbons (Fsp3) is 0.310. The SMILES string of the molecule is CCOc1ccc(CC(C)(C)NC[C@H](O)c2cc(OC(=O)c3ccccc3O)cc3c2OCC(=O)N3)cc1. The zero-order chi connectivity index (χ0) is 27.3. The maximum absolute atomic E-state index is 12.7. The van der Waals surface area contributed by atoms with Gasteiger partial charge in [-0.1, -0.05) is 24.3 Å². The summed E-state index contributed by atoms with van der Waals surface area (Å²) in [5.41, 5.74) is 1.38. The highest BCUT2D eigenvalue weighted by Gasteiger charge is 2.27. The number of fused-ring (bicyclic) bond motifs is 1. The van der Waals surface area contributed by atoms with Crippen molar-refractivity contribution in [2.75, 3.05) is 25.1 Å². The zero-order valence-electron chi connectivity index (χ0n) is 21.6. The molecule has 1 aliphatic heterocycles. The molecule has 200 valence electrons. The molecular formula is C29H32N2O7. The lowest BCUT2D eigenvalue weighted by atomic mass is 9.94. The molecule has 9 nitrogen and oxygen atoms in total. The average Bonchev–Trinajstić information content (AvgIpc) is 2.88. The number of ether oxygens (including phenoxy) is 3. The Morgan fingerprint density at radius 2 is 1.87 bits per heavy atom. The molecule has 1 amide bonds. The summed E-state index contributed by atoms with van der Waals surface area (Å²) >= 11 is 0. The summed E-state index contributed by atoms with van der Waals surface area (Å²) in [6.45, 7) is 6.59. The van der Waals surface area contributed by atoms with E-state index in [0.29, 0.717) is 24.3 Å². The number of phenolic OH excluding ortho intramolecular Hbond substituents is 1. The van der Waals surface area contributed by atoms with Gasteiger partial charge in [-0.3, -0.25) is 4.79 Å². The van der Waals surface area contributed by atoms with E-state index >= 15 is 0 Å². The third-order valence-corrected chi connectivity index (χ3v) is 6.06. The van der Waals surface area contributed by atoms with Gasteiger partial charge in [-0.2, -0.15) is 0 Å². The van der Waals surface area contributed by atoms with Crippen molar-refractivity contribution in [1.82, 2.24) is 5.32 Å². The first-order valence-corrected chi connectivity index (χ1v) is 12.4. The Bertz CT molecular complexity index is 1300. The Hall–Kier alpha value is -4.08. The number of carbonyl (C=O) groups excluding carboxylic acids is 2. The molecule has 1 aliphatic rings. The van der Waals surface area contributed by atoms with Crippen molar-refractivity contribution in [2.24, 2.45) is 0 Å². The first-order valence-electron chi connectivity index (χ1n) is 12.4. The van der Waals surface area contributed by atoms with E-state index in [9.17, 15) is 19.8 Å². The number of para-hydroxylation sites is 1. The molecule has 38 heavy (non-hydrogen) atoms. The maximum atomic E-state index is 12.7. The number of phenols is 1. The predicted molar refractivity (Wildman–Crippen MR) is 142 cm³/mol. The number of benzene rings is 3. The van der Waals surface area contributed by atoms with Crippen molar-refractivity contribution < 1.29 is 34.0 Å². The van der Waals surface area contributed by atoms with E-state index in [1.54, 1.807) is 12.1 Å². The highest BCUT2D eigenvalue weighted by atomic mass is 16.5. The Balaban J connectivity index is 1.50. The van der Waals surface area contributed by atoms with Gasteiger partial charge in [0.05, 0.1) is 18.4 Å². The smallest absolute Gasteiger partial charge is 0.347 e. The van der Waals surface area contributed by atoms with Crippen LogP contribution in [0.1, 0.15) is 48.4 Å². The monoisotopic (exact) mass is 520 g/mol. The summed E-state index contributed by atoms with van der Waals surface area (Å²) in [5, 5.41) is 27.2. The van der Waals surface area contributed by atoms with E-state index in [1.807, 2.05) is 45.0 Å². The molecule has 3 aromatic carbocycles. The van der Waals surface area contributed by atoms with Gasteiger partial charge >= 0.3 is 5.97 Å². The molecule has 1 atom stereocenters. The van der Waals surface area contributed by atoms with Crippen molar-refractivity contribution in [3.63, 3.8) is 0 Å². The molecule has 0 radical (unpaired) electrons. The van der Waals surface area contributed by atoms with Crippen molar-refractivity contribution in [2.45, 2.75) is 38.8 Å². The normalized spacial score (nSPS) is 13.6. The Labute approximate surface area is 221 Å². The van der Waals surface area contributed by atoms with E-state index in [4.69, 9.17) is 14.2 Å². The number of aromatic hydroxyl groups is 1. The predicted octanol–water partition coefficient (Wildman–Crippen LogP) is 3.99. The average molecular weight is 521 g/mol. The van der Waals surface area contributed by atoms with Crippen LogP contribution in [0.25, 0.3) is 0 Å². The van der Waals surface area contributed by atoms with Crippen LogP contribution in [0.4, 0.5) is 5.69 Å². The van der Waals surface area contributed by atoms with Crippen LogP contribution in [-0.4, -0.2) is 47.4 Å². The first-order chi connectivity index (χ1) is 18.1. The molecule has 0 spiro atoms. The number of aliphatic hydroxyl groups excluding tert-OH is 1. The van der Waals surface area contributed by atoms with Gasteiger partial charge in [0.15, 0.2) is 6.61 Å². The molecule has 3 aromatic rings. The lowest BCUT2D eigenvalue weighted by Gasteiger charge is -2.29. The van der Waals surface area contributed by atoms with Gasteiger partial charge in [0, 0.05) is 23.7 Å². The molecule has 0 saturated carbocycles. The fourth-order valence-corrected chi connectivity index (χ4v) is 4.24. The van der Waals surface area contributed by atoms with Gasteiger partial charge in [0.1, 0.15) is 28.6 Å². The van der Waals surface area contributed by atoms with E-state index in [2.05, 4.69) is 10.6 Å². The van der Waals surface area contributed by atoms with E-state index in [0.717, 1.165) is 11.3 Å². The number of aliphatic hydroxyl groups is 1. The number of nitrogens with one attached hydrogen (secondary N) is 2. The standard InChI is InChI=1S/C29H32N2O7/c1-4-36-19-11-9-18(10-12-19)15-29(2,3)30-16-25(33)22-13-20(14-23-27(22)37-17-26(34)31-23)38-28(35)21-7-5-6-8-24(21)32/h5-14,25,30,32-33H,4,15-17H2,1-3H3,(H,31,34)/t25-/m0/s1. The minimum atomic E-state index is -1.04. The summed E-state index contributed by atoms with van der Waals surface area (Å²) in [5.74, 6) is -0.141. The Morgan fingerprint density at radius 3 is 2.58 bits per heavy atom. The number of amides is 1. The number of carbonyl (C=O) groups is 2. The number of hydrogen-bond donors (Lipinski definition) is 4. The molecule has 9 heteroatoms. The fourth-order valence-electron chi connectivity index (χ4n) is 4.24. The van der Waals surface area contributed by atoms with Gasteiger partial charge in [0.25, 0.3) is 5.91 Å². The van der Waals surface area contributed by atoms with E-state index in [-0.39, 0.29) is 47.3 Å². The van der Waals surface area contributed by atoms with E-state index in [1.165, 1.54) is 24.3 Å². The number of hydrogen-bond acceptors (Lipinski definition) is 8. The highest BCUT2D eigenvalue weighted by Crippen LogP contribution is 2.39. The van der Waals surface area contributed by atoms with Crippen molar-refractivity contribution in [3.05, 3.63) is 77.4 Å². The minimum Gasteiger partial charge on any atom is -0.507 e. The Kier molecular flexibility index (Phi) is 8.19. The summed E-state index contributed by atoms with van der Waals surface area (Å²) in [6.07, 6.45) is -0.336. The lowest BCUT2D eigenvalue weighted by Crippen LogP contribution is -2.43. The molecule has 1 heterocycles. The largest absolute Gasteiger partial charge is 0.507 e. The summed E-state index contributed by atoms with van der Waals surface area (Å²) in [4.78, 5) is 24.6. The molecule has 0 unspecified atom stereocenters. The first kappa shape index (κ1) is 27.0. The zero-order valence-corrected chi connectivity index (χ0v) is 21.6. The molecule has 0 fully saturated rings.